The average molecular weight is 289 g/mol. The van der Waals surface area contributed by atoms with E-state index in [0.29, 0.717) is 31.1 Å². The van der Waals surface area contributed by atoms with Gasteiger partial charge in [-0.2, -0.15) is 0 Å². The van der Waals surface area contributed by atoms with Crippen LogP contribution in [0.1, 0.15) is 35.7 Å². The highest BCUT2D eigenvalue weighted by Crippen LogP contribution is 2.17. The third kappa shape index (κ3) is 3.42. The highest BCUT2D eigenvalue weighted by molar-refractivity contribution is 5.97. The molecular formula is C16H23N3O2. The van der Waals surface area contributed by atoms with Crippen LogP contribution in [0.4, 0.5) is 0 Å². The minimum atomic E-state index is -0.443. The van der Waals surface area contributed by atoms with E-state index < -0.39 is 6.04 Å². The third-order valence-corrected chi connectivity index (χ3v) is 3.88. The monoisotopic (exact) mass is 289 g/mol. The summed E-state index contributed by atoms with van der Waals surface area (Å²) in [5, 5.41) is 5.78. The smallest absolute Gasteiger partial charge is 0.254 e. The zero-order chi connectivity index (χ0) is 15.4. The van der Waals surface area contributed by atoms with Crippen molar-refractivity contribution in [3.63, 3.8) is 0 Å². The van der Waals surface area contributed by atoms with Gasteiger partial charge in [0.2, 0.25) is 5.91 Å². The van der Waals surface area contributed by atoms with Crippen LogP contribution in [-0.2, 0) is 4.79 Å². The SMILES string of the molecule is CNC(=O)C1CNCCN1C(=O)c1ccc(C(C)C)cc1. The van der Waals surface area contributed by atoms with Gasteiger partial charge in [-0.1, -0.05) is 26.0 Å². The molecule has 1 saturated heterocycles. The fourth-order valence-electron chi connectivity index (χ4n) is 2.52. The molecule has 0 spiro atoms. The largest absolute Gasteiger partial charge is 0.357 e. The first-order valence-corrected chi connectivity index (χ1v) is 7.38. The maximum absolute atomic E-state index is 12.6. The van der Waals surface area contributed by atoms with Crippen LogP contribution >= 0.6 is 0 Å². The van der Waals surface area contributed by atoms with Crippen molar-refractivity contribution in [3.8, 4) is 0 Å². The van der Waals surface area contributed by atoms with Gasteiger partial charge in [-0.25, -0.2) is 0 Å². The molecule has 1 aromatic carbocycles. The summed E-state index contributed by atoms with van der Waals surface area (Å²) in [6.07, 6.45) is 0. The fraction of sp³-hybridized carbons (Fsp3) is 0.500. The van der Waals surface area contributed by atoms with Crippen LogP contribution in [0.2, 0.25) is 0 Å². The van der Waals surface area contributed by atoms with Gasteiger partial charge < -0.3 is 15.5 Å². The van der Waals surface area contributed by atoms with E-state index in [0.717, 1.165) is 0 Å². The number of likely N-dealkylation sites (N-methyl/N-ethyl adjacent to an activating group) is 1. The van der Waals surface area contributed by atoms with E-state index >= 15 is 0 Å². The van der Waals surface area contributed by atoms with E-state index in [1.54, 1.807) is 11.9 Å². The standard InChI is InChI=1S/C16H23N3O2/c1-11(2)12-4-6-13(7-5-12)16(21)19-9-8-18-10-14(19)15(20)17-3/h4-7,11,14,18H,8-10H2,1-3H3,(H,17,20). The topological polar surface area (TPSA) is 61.4 Å². The number of hydrogen-bond donors (Lipinski definition) is 2. The number of nitrogens with zero attached hydrogens (tertiary/aromatic N) is 1. The predicted molar refractivity (Wildman–Crippen MR) is 82.3 cm³/mol. The second-order valence-electron chi connectivity index (χ2n) is 5.61. The molecule has 2 amide bonds. The Morgan fingerprint density at radius 3 is 2.52 bits per heavy atom. The second kappa shape index (κ2) is 6.72. The number of amides is 2. The Kier molecular flexibility index (Phi) is 4.96. The summed E-state index contributed by atoms with van der Waals surface area (Å²) in [5.41, 5.74) is 1.84. The molecule has 114 valence electrons. The zero-order valence-corrected chi connectivity index (χ0v) is 12.8. The van der Waals surface area contributed by atoms with Gasteiger partial charge in [-0.05, 0) is 23.6 Å². The molecular weight excluding hydrogens is 266 g/mol. The lowest BCUT2D eigenvalue weighted by Gasteiger charge is -2.35. The maximum atomic E-state index is 12.6. The number of rotatable bonds is 3. The third-order valence-electron chi connectivity index (χ3n) is 3.88. The van der Waals surface area contributed by atoms with Gasteiger partial charge in [-0.15, -0.1) is 0 Å². The number of hydrogen-bond acceptors (Lipinski definition) is 3. The average Bonchev–Trinajstić information content (AvgIpc) is 2.53. The molecule has 5 nitrogen and oxygen atoms in total. The van der Waals surface area contributed by atoms with Gasteiger partial charge in [0, 0.05) is 32.2 Å². The van der Waals surface area contributed by atoms with Crippen LogP contribution < -0.4 is 10.6 Å². The van der Waals surface area contributed by atoms with Gasteiger partial charge in [0.1, 0.15) is 6.04 Å². The van der Waals surface area contributed by atoms with Crippen molar-refractivity contribution in [3.05, 3.63) is 35.4 Å². The number of carbonyl (C=O) groups is 2. The molecule has 0 bridgehead atoms. The molecule has 0 saturated carbocycles. The fourth-order valence-corrected chi connectivity index (χ4v) is 2.52. The van der Waals surface area contributed by atoms with E-state index in [2.05, 4.69) is 24.5 Å². The van der Waals surface area contributed by atoms with E-state index in [9.17, 15) is 9.59 Å². The van der Waals surface area contributed by atoms with E-state index in [1.807, 2.05) is 24.3 Å². The second-order valence-corrected chi connectivity index (χ2v) is 5.61. The van der Waals surface area contributed by atoms with Crippen molar-refractivity contribution < 1.29 is 9.59 Å². The molecule has 1 aromatic rings. The Labute approximate surface area is 125 Å². The summed E-state index contributed by atoms with van der Waals surface area (Å²) in [6, 6.07) is 7.21. The molecule has 2 N–H and O–H groups in total. The molecule has 21 heavy (non-hydrogen) atoms. The van der Waals surface area contributed by atoms with Crippen molar-refractivity contribution >= 4 is 11.8 Å². The van der Waals surface area contributed by atoms with Crippen LogP contribution in [0, 0.1) is 0 Å². The van der Waals surface area contributed by atoms with Crippen molar-refractivity contribution in [1.29, 1.82) is 0 Å². The Morgan fingerprint density at radius 1 is 1.29 bits per heavy atom. The van der Waals surface area contributed by atoms with E-state index in [-0.39, 0.29) is 11.8 Å². The Hall–Kier alpha value is -1.88. The number of benzene rings is 1. The lowest BCUT2D eigenvalue weighted by molar-refractivity contribution is -0.125. The first kappa shape index (κ1) is 15.5. The van der Waals surface area contributed by atoms with Gasteiger partial charge >= 0.3 is 0 Å². The minimum Gasteiger partial charge on any atom is -0.357 e. The minimum absolute atomic E-state index is 0.0830. The summed E-state index contributed by atoms with van der Waals surface area (Å²) in [6.45, 7) is 5.99. The van der Waals surface area contributed by atoms with Crippen LogP contribution in [0.5, 0.6) is 0 Å². The van der Waals surface area contributed by atoms with E-state index in [1.165, 1.54) is 5.56 Å². The molecule has 1 aliphatic heterocycles. The van der Waals surface area contributed by atoms with Crippen LogP contribution in [-0.4, -0.2) is 49.4 Å². The van der Waals surface area contributed by atoms with Gasteiger partial charge in [-0.3, -0.25) is 9.59 Å². The van der Waals surface area contributed by atoms with Crippen molar-refractivity contribution in [1.82, 2.24) is 15.5 Å². The summed E-state index contributed by atoms with van der Waals surface area (Å²) in [4.78, 5) is 26.2. The lowest BCUT2D eigenvalue weighted by atomic mass is 10.0. The summed E-state index contributed by atoms with van der Waals surface area (Å²) in [7, 11) is 1.59. The van der Waals surface area contributed by atoms with Gasteiger partial charge in [0.05, 0.1) is 0 Å². The van der Waals surface area contributed by atoms with Crippen LogP contribution in [0.25, 0.3) is 0 Å². The highest BCUT2D eigenvalue weighted by atomic mass is 16.2. The van der Waals surface area contributed by atoms with Gasteiger partial charge in [0.15, 0.2) is 0 Å². The van der Waals surface area contributed by atoms with E-state index in [4.69, 9.17) is 0 Å². The highest BCUT2D eigenvalue weighted by Gasteiger charge is 2.31. The molecule has 1 heterocycles. The Balaban J connectivity index is 2.18. The number of piperazine rings is 1. The first-order chi connectivity index (χ1) is 10.0. The summed E-state index contributed by atoms with van der Waals surface area (Å²) in [5.74, 6) is 0.224. The molecule has 5 heteroatoms. The van der Waals surface area contributed by atoms with Crippen molar-refractivity contribution in [2.75, 3.05) is 26.7 Å². The Morgan fingerprint density at radius 2 is 1.95 bits per heavy atom. The molecule has 1 aliphatic rings. The zero-order valence-electron chi connectivity index (χ0n) is 12.8. The lowest BCUT2D eigenvalue weighted by Crippen LogP contribution is -2.59. The molecule has 0 radical (unpaired) electrons. The molecule has 1 atom stereocenters. The molecule has 0 aliphatic carbocycles. The number of carbonyl (C=O) groups excluding carboxylic acids is 2. The predicted octanol–water partition coefficient (Wildman–Crippen LogP) is 0.970. The first-order valence-electron chi connectivity index (χ1n) is 7.38. The molecule has 0 aromatic heterocycles. The molecule has 1 fully saturated rings. The normalized spacial score (nSPS) is 18.7. The van der Waals surface area contributed by atoms with Crippen molar-refractivity contribution in [2.45, 2.75) is 25.8 Å². The number of nitrogens with one attached hydrogen (secondary N) is 2. The van der Waals surface area contributed by atoms with Crippen LogP contribution in [0.3, 0.4) is 0 Å². The van der Waals surface area contributed by atoms with Gasteiger partial charge in [0.25, 0.3) is 5.91 Å². The van der Waals surface area contributed by atoms with Crippen molar-refractivity contribution in [2.24, 2.45) is 0 Å². The maximum Gasteiger partial charge on any atom is 0.254 e. The van der Waals surface area contributed by atoms with Crippen LogP contribution in [0.15, 0.2) is 24.3 Å². The summed E-state index contributed by atoms with van der Waals surface area (Å²) >= 11 is 0. The Bertz CT molecular complexity index is 511. The molecule has 2 rings (SSSR count). The molecule has 1 unspecified atom stereocenters. The summed E-state index contributed by atoms with van der Waals surface area (Å²) < 4.78 is 0. The quantitative estimate of drug-likeness (QED) is 0.871.